The molecule has 0 spiro atoms. The van der Waals surface area contributed by atoms with Crippen LogP contribution in [0.2, 0.25) is 5.02 Å². The van der Waals surface area contributed by atoms with Crippen molar-refractivity contribution in [2.45, 2.75) is 27.2 Å². The Bertz CT molecular complexity index is 599. The highest BCUT2D eigenvalue weighted by Gasteiger charge is 2.05. The Labute approximate surface area is 131 Å². The average Bonchev–Trinajstić information content (AvgIpc) is 2.44. The van der Waals surface area contributed by atoms with Crippen LogP contribution in [0.4, 0.5) is 17.5 Å². The highest BCUT2D eigenvalue weighted by Crippen LogP contribution is 2.25. The van der Waals surface area contributed by atoms with Crippen LogP contribution in [0.5, 0.6) is 0 Å². The van der Waals surface area contributed by atoms with Crippen LogP contribution in [0.25, 0.3) is 0 Å². The van der Waals surface area contributed by atoms with Gasteiger partial charge in [-0.05, 0) is 43.0 Å². The summed E-state index contributed by atoms with van der Waals surface area (Å²) in [6.45, 7) is 7.28. The van der Waals surface area contributed by atoms with Crippen molar-refractivity contribution >= 4 is 29.1 Å². The van der Waals surface area contributed by atoms with Gasteiger partial charge in [0, 0.05) is 23.5 Å². The molecule has 0 radical (unpaired) electrons. The zero-order chi connectivity index (χ0) is 15.2. The van der Waals surface area contributed by atoms with Crippen LogP contribution in [0.3, 0.4) is 0 Å². The predicted molar refractivity (Wildman–Crippen MR) is 89.4 cm³/mol. The van der Waals surface area contributed by atoms with E-state index in [1.165, 1.54) is 0 Å². The van der Waals surface area contributed by atoms with Gasteiger partial charge in [-0.15, -0.1) is 0 Å². The number of anilines is 3. The number of halogens is 1. The van der Waals surface area contributed by atoms with Gasteiger partial charge in [-0.2, -0.15) is 4.98 Å². The lowest BCUT2D eigenvalue weighted by atomic mass is 10.1. The van der Waals surface area contributed by atoms with Gasteiger partial charge in [-0.3, -0.25) is 0 Å². The zero-order valence-corrected chi connectivity index (χ0v) is 13.4. The largest absolute Gasteiger partial charge is 0.370 e. The second-order valence-corrected chi connectivity index (χ2v) is 5.82. The minimum atomic E-state index is 0.565. The molecule has 0 aliphatic heterocycles. The molecule has 0 saturated heterocycles. The molecule has 0 atom stereocenters. The molecule has 0 aliphatic rings. The Balaban J connectivity index is 2.05. The standard InChI is InChI=1S/C16H21ClN4/c1-11(2)7-9-18-15-8-10-19-16(21-15)20-14-6-4-5-13(17)12(14)3/h4-6,8,10-11H,7,9H2,1-3H3,(H2,18,19,20,21). The molecule has 0 saturated carbocycles. The van der Waals surface area contributed by atoms with Crippen LogP contribution in [0, 0.1) is 12.8 Å². The maximum atomic E-state index is 6.12. The van der Waals surface area contributed by atoms with Gasteiger partial charge in [0.25, 0.3) is 0 Å². The van der Waals surface area contributed by atoms with E-state index in [1.54, 1.807) is 6.20 Å². The van der Waals surface area contributed by atoms with E-state index in [9.17, 15) is 0 Å². The molecule has 2 N–H and O–H groups in total. The smallest absolute Gasteiger partial charge is 0.229 e. The molecule has 4 nitrogen and oxygen atoms in total. The van der Waals surface area contributed by atoms with Gasteiger partial charge in [-0.25, -0.2) is 4.98 Å². The summed E-state index contributed by atoms with van der Waals surface area (Å²) in [4.78, 5) is 8.70. The summed E-state index contributed by atoms with van der Waals surface area (Å²) in [7, 11) is 0. The number of hydrogen-bond acceptors (Lipinski definition) is 4. The highest BCUT2D eigenvalue weighted by atomic mass is 35.5. The topological polar surface area (TPSA) is 49.8 Å². The van der Waals surface area contributed by atoms with Crippen molar-refractivity contribution in [2.75, 3.05) is 17.2 Å². The van der Waals surface area contributed by atoms with E-state index in [0.717, 1.165) is 35.1 Å². The fraction of sp³-hybridized carbons (Fsp3) is 0.375. The van der Waals surface area contributed by atoms with E-state index >= 15 is 0 Å². The summed E-state index contributed by atoms with van der Waals surface area (Å²) >= 11 is 6.12. The van der Waals surface area contributed by atoms with E-state index < -0.39 is 0 Å². The molecule has 1 aromatic heterocycles. The average molecular weight is 305 g/mol. The fourth-order valence-electron chi connectivity index (χ4n) is 1.87. The molecule has 0 unspecified atom stereocenters. The van der Waals surface area contributed by atoms with Crippen molar-refractivity contribution < 1.29 is 0 Å². The lowest BCUT2D eigenvalue weighted by molar-refractivity contribution is 0.606. The zero-order valence-electron chi connectivity index (χ0n) is 12.7. The molecule has 2 aromatic rings. The summed E-state index contributed by atoms with van der Waals surface area (Å²) in [5.74, 6) is 2.06. The van der Waals surface area contributed by atoms with E-state index in [2.05, 4.69) is 34.4 Å². The first-order valence-corrected chi connectivity index (χ1v) is 7.53. The summed E-state index contributed by atoms with van der Waals surface area (Å²) in [6, 6.07) is 7.61. The van der Waals surface area contributed by atoms with Crippen molar-refractivity contribution in [1.82, 2.24) is 9.97 Å². The van der Waals surface area contributed by atoms with Crippen molar-refractivity contribution in [3.8, 4) is 0 Å². The van der Waals surface area contributed by atoms with Gasteiger partial charge in [0.1, 0.15) is 5.82 Å². The van der Waals surface area contributed by atoms with Crippen LogP contribution in [0.1, 0.15) is 25.8 Å². The van der Waals surface area contributed by atoms with E-state index in [1.807, 2.05) is 31.2 Å². The van der Waals surface area contributed by atoms with Gasteiger partial charge >= 0.3 is 0 Å². The fourth-order valence-corrected chi connectivity index (χ4v) is 2.04. The first-order chi connectivity index (χ1) is 10.1. The third kappa shape index (κ3) is 4.60. The minimum Gasteiger partial charge on any atom is -0.370 e. The van der Waals surface area contributed by atoms with E-state index in [0.29, 0.717) is 11.9 Å². The maximum absolute atomic E-state index is 6.12. The molecule has 1 aromatic carbocycles. The molecule has 112 valence electrons. The summed E-state index contributed by atoms with van der Waals surface area (Å²) in [5.41, 5.74) is 1.91. The summed E-state index contributed by atoms with van der Waals surface area (Å²) < 4.78 is 0. The third-order valence-electron chi connectivity index (χ3n) is 3.20. The van der Waals surface area contributed by atoms with Gasteiger partial charge in [0.2, 0.25) is 5.95 Å². The highest BCUT2D eigenvalue weighted by molar-refractivity contribution is 6.31. The van der Waals surface area contributed by atoms with Crippen molar-refractivity contribution in [3.63, 3.8) is 0 Å². The van der Waals surface area contributed by atoms with Crippen LogP contribution in [-0.2, 0) is 0 Å². The number of rotatable bonds is 6. The number of nitrogens with one attached hydrogen (secondary N) is 2. The second kappa shape index (κ2) is 7.27. The molecule has 21 heavy (non-hydrogen) atoms. The number of aromatic nitrogens is 2. The molecule has 2 rings (SSSR count). The van der Waals surface area contributed by atoms with Crippen LogP contribution < -0.4 is 10.6 Å². The first-order valence-electron chi connectivity index (χ1n) is 7.15. The monoisotopic (exact) mass is 304 g/mol. The maximum Gasteiger partial charge on any atom is 0.229 e. The predicted octanol–water partition coefficient (Wildman–Crippen LogP) is 4.64. The van der Waals surface area contributed by atoms with E-state index in [-0.39, 0.29) is 0 Å². The van der Waals surface area contributed by atoms with Gasteiger partial charge < -0.3 is 10.6 Å². The minimum absolute atomic E-state index is 0.565. The van der Waals surface area contributed by atoms with Gasteiger partial charge in [-0.1, -0.05) is 31.5 Å². The number of benzene rings is 1. The Morgan fingerprint density at radius 2 is 2.05 bits per heavy atom. The molecule has 0 amide bonds. The summed E-state index contributed by atoms with van der Waals surface area (Å²) in [5, 5.41) is 7.24. The van der Waals surface area contributed by atoms with Crippen molar-refractivity contribution in [1.29, 1.82) is 0 Å². The van der Waals surface area contributed by atoms with Crippen molar-refractivity contribution in [2.24, 2.45) is 5.92 Å². The first kappa shape index (κ1) is 15.6. The van der Waals surface area contributed by atoms with Gasteiger partial charge in [0.05, 0.1) is 0 Å². The normalized spacial score (nSPS) is 10.7. The van der Waals surface area contributed by atoms with Crippen LogP contribution in [-0.4, -0.2) is 16.5 Å². The SMILES string of the molecule is Cc1c(Cl)cccc1Nc1nccc(NCCC(C)C)n1. The van der Waals surface area contributed by atoms with Crippen LogP contribution >= 0.6 is 11.6 Å². The Kier molecular flexibility index (Phi) is 5.39. The quantitative estimate of drug-likeness (QED) is 0.816. The number of hydrogen-bond donors (Lipinski definition) is 2. The van der Waals surface area contributed by atoms with Gasteiger partial charge in [0.15, 0.2) is 0 Å². The molecule has 0 bridgehead atoms. The Hall–Kier alpha value is -1.81. The lowest BCUT2D eigenvalue weighted by Crippen LogP contribution is -2.07. The Morgan fingerprint density at radius 3 is 2.81 bits per heavy atom. The summed E-state index contributed by atoms with van der Waals surface area (Å²) in [6.07, 6.45) is 2.85. The molecular weight excluding hydrogens is 284 g/mol. The third-order valence-corrected chi connectivity index (χ3v) is 3.61. The van der Waals surface area contributed by atoms with E-state index in [4.69, 9.17) is 11.6 Å². The molecule has 0 aliphatic carbocycles. The molecular formula is C16H21ClN4. The number of nitrogens with zero attached hydrogens (tertiary/aromatic N) is 2. The molecule has 5 heteroatoms. The lowest BCUT2D eigenvalue weighted by Gasteiger charge is -2.11. The van der Waals surface area contributed by atoms with Crippen molar-refractivity contribution in [3.05, 3.63) is 41.0 Å². The van der Waals surface area contributed by atoms with Crippen LogP contribution in [0.15, 0.2) is 30.5 Å². The molecule has 1 heterocycles. The Morgan fingerprint density at radius 1 is 1.24 bits per heavy atom. The second-order valence-electron chi connectivity index (χ2n) is 5.41. The molecule has 0 fully saturated rings.